The van der Waals surface area contributed by atoms with Gasteiger partial charge in [0.15, 0.2) is 0 Å². The molecule has 17 heavy (non-hydrogen) atoms. The minimum atomic E-state index is -4.78. The van der Waals surface area contributed by atoms with Crippen molar-refractivity contribution < 1.29 is 23.1 Å². The third-order valence-corrected chi connectivity index (χ3v) is 2.80. The molecule has 7 heteroatoms. The third kappa shape index (κ3) is 4.51. The average Bonchev–Trinajstić information content (AvgIpc) is 2.49. The molecule has 0 saturated carbocycles. The molecule has 1 aliphatic heterocycles. The molecule has 1 unspecified atom stereocenters. The zero-order valence-electron chi connectivity index (χ0n) is 9.46. The highest BCUT2D eigenvalue weighted by Gasteiger charge is 2.42. The number of aliphatic hydroxyl groups excluding tert-OH is 1. The van der Waals surface area contributed by atoms with Crippen LogP contribution in [0.2, 0.25) is 0 Å². The zero-order chi connectivity index (χ0) is 12.9. The number of alkyl halides is 3. The van der Waals surface area contributed by atoms with Gasteiger partial charge in [0, 0.05) is 25.7 Å². The topological polar surface area (TPSA) is 52.6 Å². The second-order valence-corrected chi connectivity index (χ2v) is 4.10. The summed E-state index contributed by atoms with van der Waals surface area (Å²) in [6, 6.07) is 0.0770. The fourth-order valence-electron chi connectivity index (χ4n) is 1.95. The molecule has 0 aromatic heterocycles. The number of nitrogens with one attached hydrogen (secondary N) is 1. The number of hydrogen-bond donors (Lipinski definition) is 2. The molecule has 100 valence electrons. The molecule has 1 heterocycles. The van der Waals surface area contributed by atoms with Gasteiger partial charge in [-0.25, -0.2) is 0 Å². The maximum atomic E-state index is 12.2. The molecule has 2 N–H and O–H groups in total. The molecule has 1 fully saturated rings. The first-order chi connectivity index (χ1) is 7.95. The van der Waals surface area contributed by atoms with Crippen molar-refractivity contribution in [3.05, 3.63) is 0 Å². The van der Waals surface area contributed by atoms with Crippen molar-refractivity contribution in [2.24, 2.45) is 0 Å². The lowest BCUT2D eigenvalue weighted by molar-refractivity contribution is -0.185. The summed E-state index contributed by atoms with van der Waals surface area (Å²) in [6.07, 6.45) is -3.02. The summed E-state index contributed by atoms with van der Waals surface area (Å²) in [5.74, 6) is -1.75. The summed E-state index contributed by atoms with van der Waals surface area (Å²) < 4.78 is 36.7. The van der Waals surface area contributed by atoms with Gasteiger partial charge in [-0.15, -0.1) is 0 Å². The fourth-order valence-corrected chi connectivity index (χ4v) is 1.95. The van der Waals surface area contributed by atoms with Gasteiger partial charge in [0.05, 0.1) is 6.61 Å². The van der Waals surface area contributed by atoms with Crippen molar-refractivity contribution in [2.75, 3.05) is 26.2 Å². The van der Waals surface area contributed by atoms with E-state index in [-0.39, 0.29) is 25.7 Å². The second-order valence-electron chi connectivity index (χ2n) is 4.10. The van der Waals surface area contributed by atoms with E-state index in [0.717, 1.165) is 11.3 Å². The predicted octanol–water partition coefficient (Wildman–Crippen LogP) is 0.512. The van der Waals surface area contributed by atoms with E-state index in [1.807, 2.05) is 0 Å². The SMILES string of the molecule is O=C(N1CCCC(NCCO)CC1)C(F)(F)F. The Morgan fingerprint density at radius 3 is 2.65 bits per heavy atom. The highest BCUT2D eigenvalue weighted by atomic mass is 19.4. The van der Waals surface area contributed by atoms with Crippen LogP contribution in [0, 0.1) is 0 Å². The molecule has 4 nitrogen and oxygen atoms in total. The van der Waals surface area contributed by atoms with Crippen LogP contribution in [-0.4, -0.2) is 54.4 Å². The van der Waals surface area contributed by atoms with Gasteiger partial charge in [0.2, 0.25) is 0 Å². The number of halogens is 3. The van der Waals surface area contributed by atoms with Crippen LogP contribution < -0.4 is 5.32 Å². The van der Waals surface area contributed by atoms with Gasteiger partial charge < -0.3 is 15.3 Å². The van der Waals surface area contributed by atoms with Crippen molar-refractivity contribution in [1.29, 1.82) is 0 Å². The lowest BCUT2D eigenvalue weighted by atomic mass is 10.1. The smallest absolute Gasteiger partial charge is 0.395 e. The van der Waals surface area contributed by atoms with Gasteiger partial charge in [-0.2, -0.15) is 13.2 Å². The van der Waals surface area contributed by atoms with Gasteiger partial charge >= 0.3 is 12.1 Å². The first kappa shape index (κ1) is 14.2. The van der Waals surface area contributed by atoms with Crippen molar-refractivity contribution in [1.82, 2.24) is 10.2 Å². The van der Waals surface area contributed by atoms with E-state index in [9.17, 15) is 18.0 Å². The molecular weight excluding hydrogens is 237 g/mol. The van der Waals surface area contributed by atoms with E-state index in [4.69, 9.17) is 5.11 Å². The standard InChI is InChI=1S/C10H17F3N2O2/c11-10(12,13)9(17)15-5-1-2-8(3-6-15)14-4-7-16/h8,14,16H,1-7H2. The van der Waals surface area contributed by atoms with Crippen LogP contribution in [0.15, 0.2) is 0 Å². The lowest BCUT2D eigenvalue weighted by Gasteiger charge is -2.21. The van der Waals surface area contributed by atoms with Crippen LogP contribution in [0.4, 0.5) is 13.2 Å². The van der Waals surface area contributed by atoms with Crippen LogP contribution in [0.1, 0.15) is 19.3 Å². The normalized spacial score (nSPS) is 22.4. The summed E-state index contributed by atoms with van der Waals surface area (Å²) >= 11 is 0. The van der Waals surface area contributed by atoms with Crippen molar-refractivity contribution in [2.45, 2.75) is 31.5 Å². The summed E-state index contributed by atoms with van der Waals surface area (Å²) in [6.45, 7) is 0.691. The number of rotatable bonds is 3. The molecule has 0 bridgehead atoms. The quantitative estimate of drug-likeness (QED) is 0.771. The van der Waals surface area contributed by atoms with Crippen molar-refractivity contribution in [3.8, 4) is 0 Å². The van der Waals surface area contributed by atoms with E-state index in [0.29, 0.717) is 19.4 Å². The largest absolute Gasteiger partial charge is 0.471 e. The Bertz CT molecular complexity index is 258. The monoisotopic (exact) mass is 254 g/mol. The van der Waals surface area contributed by atoms with E-state index < -0.39 is 12.1 Å². The van der Waals surface area contributed by atoms with Gasteiger partial charge in [-0.3, -0.25) is 4.79 Å². The predicted molar refractivity (Wildman–Crippen MR) is 55.4 cm³/mol. The number of hydrogen-bond acceptors (Lipinski definition) is 3. The highest BCUT2D eigenvalue weighted by molar-refractivity contribution is 5.81. The van der Waals surface area contributed by atoms with E-state index in [1.54, 1.807) is 0 Å². The van der Waals surface area contributed by atoms with Crippen molar-refractivity contribution >= 4 is 5.91 Å². The Morgan fingerprint density at radius 1 is 1.35 bits per heavy atom. The van der Waals surface area contributed by atoms with Crippen LogP contribution in [-0.2, 0) is 4.79 Å². The molecule has 0 aromatic carbocycles. The summed E-state index contributed by atoms with van der Waals surface area (Å²) in [4.78, 5) is 11.9. The molecule has 1 amide bonds. The third-order valence-electron chi connectivity index (χ3n) is 2.80. The Morgan fingerprint density at radius 2 is 2.06 bits per heavy atom. The molecule has 0 radical (unpaired) electrons. The Balaban J connectivity index is 2.45. The number of carbonyl (C=O) groups excluding carboxylic acids is 1. The highest BCUT2D eigenvalue weighted by Crippen LogP contribution is 2.21. The number of likely N-dealkylation sites (tertiary alicyclic amines) is 1. The van der Waals surface area contributed by atoms with Gasteiger partial charge in [-0.05, 0) is 19.3 Å². The Kier molecular flexibility index (Phi) is 5.20. The molecule has 1 saturated heterocycles. The van der Waals surface area contributed by atoms with Crippen LogP contribution in [0.3, 0.4) is 0 Å². The molecule has 1 atom stereocenters. The maximum Gasteiger partial charge on any atom is 0.471 e. The molecular formula is C10H17F3N2O2. The summed E-state index contributed by atoms with van der Waals surface area (Å²) in [5, 5.41) is 11.7. The summed E-state index contributed by atoms with van der Waals surface area (Å²) in [5.41, 5.74) is 0. The number of carbonyl (C=O) groups is 1. The van der Waals surface area contributed by atoms with Gasteiger partial charge in [0.1, 0.15) is 0 Å². The molecule has 0 spiro atoms. The number of aliphatic hydroxyl groups is 1. The van der Waals surface area contributed by atoms with Crippen LogP contribution in [0.25, 0.3) is 0 Å². The van der Waals surface area contributed by atoms with E-state index in [1.165, 1.54) is 0 Å². The van der Waals surface area contributed by atoms with Gasteiger partial charge in [-0.1, -0.05) is 0 Å². The Hall–Kier alpha value is -0.820. The average molecular weight is 254 g/mol. The minimum absolute atomic E-state index is 0.00168. The maximum absolute atomic E-state index is 12.2. The lowest BCUT2D eigenvalue weighted by Crippen LogP contribution is -2.42. The number of nitrogens with zero attached hydrogens (tertiary/aromatic N) is 1. The minimum Gasteiger partial charge on any atom is -0.395 e. The zero-order valence-corrected chi connectivity index (χ0v) is 9.46. The first-order valence-electron chi connectivity index (χ1n) is 5.65. The van der Waals surface area contributed by atoms with Crippen LogP contribution >= 0.6 is 0 Å². The second kappa shape index (κ2) is 6.20. The number of amides is 1. The van der Waals surface area contributed by atoms with Gasteiger partial charge in [0.25, 0.3) is 0 Å². The molecule has 1 rings (SSSR count). The fraction of sp³-hybridized carbons (Fsp3) is 0.900. The van der Waals surface area contributed by atoms with E-state index >= 15 is 0 Å². The molecule has 0 aliphatic carbocycles. The molecule has 1 aliphatic rings. The van der Waals surface area contributed by atoms with Crippen molar-refractivity contribution in [3.63, 3.8) is 0 Å². The Labute approximate surface area is 97.8 Å². The van der Waals surface area contributed by atoms with Crippen LogP contribution in [0.5, 0.6) is 0 Å². The van der Waals surface area contributed by atoms with E-state index in [2.05, 4.69) is 5.32 Å². The summed E-state index contributed by atoms with van der Waals surface area (Å²) in [7, 11) is 0. The first-order valence-corrected chi connectivity index (χ1v) is 5.65. The molecule has 0 aromatic rings.